The maximum Gasteiger partial charge on any atom is 0.328 e. The predicted octanol–water partition coefficient (Wildman–Crippen LogP) is 10.1. The highest BCUT2D eigenvalue weighted by Gasteiger charge is 2.33. The monoisotopic (exact) mass is 845 g/mol. The molecule has 10 nitrogen and oxygen atoms in total. The summed E-state index contributed by atoms with van der Waals surface area (Å²) >= 11 is 1.52. The molecular weight excluding hydrogens is 799 g/mol. The van der Waals surface area contributed by atoms with E-state index in [1.54, 1.807) is 0 Å². The SMILES string of the molecule is COC(=O)C(Cc1ccccc1)NC(=O)NCc1cccc(-c2cccc(C3OC(CSc4nc(-c5ccccc5)c(-c5ccccc5)o4)CC(c4ccc(CO)cc4)O3)c2)c1. The molecule has 6 aromatic carbocycles. The Hall–Kier alpha value is -6.50. The largest absolute Gasteiger partial charge is 0.467 e. The van der Waals surface area contributed by atoms with Gasteiger partial charge in [0.1, 0.15) is 11.7 Å². The quantitative estimate of drug-likeness (QED) is 0.0682. The molecule has 1 aliphatic rings. The van der Waals surface area contributed by atoms with Gasteiger partial charge < -0.3 is 34.4 Å². The summed E-state index contributed by atoms with van der Waals surface area (Å²) < 4.78 is 24.8. The molecule has 2 amide bonds. The summed E-state index contributed by atoms with van der Waals surface area (Å²) in [6, 6.07) is 52.1. The van der Waals surface area contributed by atoms with E-state index in [0.29, 0.717) is 23.8 Å². The first-order chi connectivity index (χ1) is 30.4. The molecule has 0 radical (unpaired) electrons. The number of aliphatic hydroxyl groups is 1. The Bertz CT molecular complexity index is 2500. The number of rotatable bonds is 15. The highest BCUT2D eigenvalue weighted by atomic mass is 32.2. The molecule has 1 aromatic heterocycles. The van der Waals surface area contributed by atoms with Crippen LogP contribution in [0.4, 0.5) is 4.79 Å². The number of carbonyl (C=O) groups is 2. The third-order valence-corrected chi connectivity index (χ3v) is 11.6. The summed E-state index contributed by atoms with van der Waals surface area (Å²) in [6.07, 6.45) is -0.247. The molecule has 0 aliphatic carbocycles. The maximum atomic E-state index is 13.0. The second-order valence-corrected chi connectivity index (χ2v) is 15.9. The third-order valence-electron chi connectivity index (χ3n) is 10.6. The number of hydrogen-bond donors (Lipinski definition) is 3. The first-order valence-electron chi connectivity index (χ1n) is 20.5. The summed E-state index contributed by atoms with van der Waals surface area (Å²) in [7, 11) is 1.31. The third kappa shape index (κ3) is 10.7. The zero-order valence-corrected chi connectivity index (χ0v) is 35.0. The van der Waals surface area contributed by atoms with E-state index in [1.165, 1.54) is 18.9 Å². The van der Waals surface area contributed by atoms with Crippen molar-refractivity contribution in [2.24, 2.45) is 0 Å². The van der Waals surface area contributed by atoms with E-state index in [0.717, 1.165) is 61.5 Å². The van der Waals surface area contributed by atoms with Crippen molar-refractivity contribution in [3.63, 3.8) is 0 Å². The minimum Gasteiger partial charge on any atom is -0.467 e. The molecule has 1 saturated heterocycles. The van der Waals surface area contributed by atoms with E-state index in [1.807, 2.05) is 158 Å². The number of benzene rings is 6. The number of aromatic nitrogens is 1. The zero-order valence-electron chi connectivity index (χ0n) is 34.2. The molecule has 314 valence electrons. The lowest BCUT2D eigenvalue weighted by Crippen LogP contribution is -2.47. The number of methoxy groups -OCH3 is 1. The smallest absolute Gasteiger partial charge is 0.328 e. The molecule has 4 unspecified atom stereocenters. The highest BCUT2D eigenvalue weighted by molar-refractivity contribution is 7.99. The van der Waals surface area contributed by atoms with Crippen LogP contribution < -0.4 is 10.6 Å². The van der Waals surface area contributed by atoms with Crippen molar-refractivity contribution in [1.82, 2.24) is 15.6 Å². The standard InChI is InChI=1S/C51H47N3O7S/c1-58-48(56)44(28-34-13-5-2-6-14-34)53-50(57)52-31-36-15-11-20-40(27-36)41-21-12-22-42(29-41)49-59-43(30-45(60-49)37-25-23-35(32-55)24-26-37)33-62-51-54-46(38-16-7-3-8-17-38)47(61-51)39-18-9-4-10-19-39/h2-27,29,43-45,49,55H,28,30-33H2,1H3,(H2,52,53,57). The number of hydrogen-bond acceptors (Lipinski definition) is 9. The van der Waals surface area contributed by atoms with Crippen LogP contribution in [0.25, 0.3) is 33.7 Å². The van der Waals surface area contributed by atoms with Gasteiger partial charge in [0.05, 0.1) is 25.9 Å². The van der Waals surface area contributed by atoms with E-state index in [2.05, 4.69) is 16.7 Å². The van der Waals surface area contributed by atoms with Gasteiger partial charge in [0, 0.05) is 41.8 Å². The number of nitrogens with zero attached hydrogens (tertiary/aromatic N) is 1. The van der Waals surface area contributed by atoms with Gasteiger partial charge >= 0.3 is 12.0 Å². The van der Waals surface area contributed by atoms with Crippen molar-refractivity contribution in [3.8, 4) is 33.7 Å². The van der Waals surface area contributed by atoms with Crippen molar-refractivity contribution in [1.29, 1.82) is 0 Å². The lowest BCUT2D eigenvalue weighted by atomic mass is 9.99. The fourth-order valence-corrected chi connectivity index (χ4v) is 8.27. The molecule has 2 heterocycles. The first kappa shape index (κ1) is 42.2. The average Bonchev–Trinajstić information content (AvgIpc) is 3.78. The van der Waals surface area contributed by atoms with Crippen LogP contribution in [0, 0.1) is 0 Å². The topological polar surface area (TPSA) is 132 Å². The number of urea groups is 1. The summed E-state index contributed by atoms with van der Waals surface area (Å²) in [5.74, 6) is 0.776. The molecule has 4 atom stereocenters. The number of amides is 2. The van der Waals surface area contributed by atoms with Crippen molar-refractivity contribution in [2.45, 2.75) is 55.8 Å². The first-order valence-corrected chi connectivity index (χ1v) is 21.5. The van der Waals surface area contributed by atoms with Gasteiger partial charge in [0.2, 0.25) is 0 Å². The molecule has 8 rings (SSSR count). The van der Waals surface area contributed by atoms with E-state index in [4.69, 9.17) is 23.6 Å². The molecule has 1 fully saturated rings. The van der Waals surface area contributed by atoms with Crippen molar-refractivity contribution < 1.29 is 33.3 Å². The van der Waals surface area contributed by atoms with E-state index < -0.39 is 24.3 Å². The minimum atomic E-state index is -0.833. The Morgan fingerprint density at radius 1 is 0.726 bits per heavy atom. The summed E-state index contributed by atoms with van der Waals surface area (Å²) in [5.41, 5.74) is 9.11. The summed E-state index contributed by atoms with van der Waals surface area (Å²) in [5, 5.41) is 15.9. The number of esters is 1. The van der Waals surface area contributed by atoms with Gasteiger partial charge in [-0.1, -0.05) is 163 Å². The van der Waals surface area contributed by atoms with Crippen LogP contribution in [0.5, 0.6) is 0 Å². The number of aliphatic hydroxyl groups excluding tert-OH is 1. The van der Waals surface area contributed by atoms with Gasteiger partial charge in [-0.25, -0.2) is 14.6 Å². The normalized spacial score (nSPS) is 16.6. The number of thioether (sulfide) groups is 1. The molecule has 11 heteroatoms. The zero-order chi connectivity index (χ0) is 42.7. The van der Waals surface area contributed by atoms with Gasteiger partial charge in [0.25, 0.3) is 5.22 Å². The van der Waals surface area contributed by atoms with Crippen LogP contribution >= 0.6 is 11.8 Å². The Morgan fingerprint density at radius 3 is 2.08 bits per heavy atom. The van der Waals surface area contributed by atoms with Crippen molar-refractivity contribution >= 4 is 23.8 Å². The lowest BCUT2D eigenvalue weighted by Gasteiger charge is -2.36. The van der Waals surface area contributed by atoms with Crippen LogP contribution in [0.1, 0.15) is 46.6 Å². The molecule has 62 heavy (non-hydrogen) atoms. The fourth-order valence-electron chi connectivity index (χ4n) is 7.43. The average molecular weight is 846 g/mol. The van der Waals surface area contributed by atoms with Gasteiger partial charge in [-0.15, -0.1) is 0 Å². The molecule has 3 N–H and O–H groups in total. The number of ether oxygens (including phenoxy) is 3. The Balaban J connectivity index is 0.979. The van der Waals surface area contributed by atoms with E-state index >= 15 is 0 Å². The van der Waals surface area contributed by atoms with Crippen LogP contribution in [0.15, 0.2) is 173 Å². The summed E-state index contributed by atoms with van der Waals surface area (Å²) in [4.78, 5) is 30.4. The molecule has 0 spiro atoms. The summed E-state index contributed by atoms with van der Waals surface area (Å²) in [6.45, 7) is 0.207. The van der Waals surface area contributed by atoms with Crippen LogP contribution in [-0.4, -0.2) is 47.1 Å². The Morgan fingerprint density at radius 2 is 1.37 bits per heavy atom. The van der Waals surface area contributed by atoms with E-state index in [-0.39, 0.29) is 25.4 Å². The molecule has 0 bridgehead atoms. The molecular formula is C51H47N3O7S. The van der Waals surface area contributed by atoms with Crippen LogP contribution in [0.2, 0.25) is 0 Å². The predicted molar refractivity (Wildman–Crippen MR) is 240 cm³/mol. The van der Waals surface area contributed by atoms with Gasteiger partial charge in [-0.05, 0) is 45.5 Å². The van der Waals surface area contributed by atoms with Crippen molar-refractivity contribution in [3.05, 3.63) is 192 Å². The lowest BCUT2D eigenvalue weighted by molar-refractivity contribution is -0.245. The van der Waals surface area contributed by atoms with Gasteiger partial charge in [-0.2, -0.15) is 0 Å². The van der Waals surface area contributed by atoms with Gasteiger partial charge in [0.15, 0.2) is 12.1 Å². The number of oxazole rings is 1. The second-order valence-electron chi connectivity index (χ2n) is 15.0. The number of nitrogens with one attached hydrogen (secondary N) is 2. The van der Waals surface area contributed by atoms with E-state index in [9.17, 15) is 14.7 Å². The van der Waals surface area contributed by atoms with Crippen molar-refractivity contribution in [2.75, 3.05) is 12.9 Å². The highest BCUT2D eigenvalue weighted by Crippen LogP contribution is 2.41. The Kier molecular flexibility index (Phi) is 13.9. The number of carbonyl (C=O) groups excluding carboxylic acids is 2. The van der Waals surface area contributed by atoms with Gasteiger partial charge in [-0.3, -0.25) is 0 Å². The Labute approximate surface area is 365 Å². The molecule has 7 aromatic rings. The maximum absolute atomic E-state index is 13.0. The second kappa shape index (κ2) is 20.4. The fraction of sp³-hybridized carbons (Fsp3) is 0.196. The molecule has 0 saturated carbocycles. The van der Waals surface area contributed by atoms with Crippen LogP contribution in [0.3, 0.4) is 0 Å². The molecule has 1 aliphatic heterocycles. The minimum absolute atomic E-state index is 0.0369. The van der Waals surface area contributed by atoms with Crippen LogP contribution in [-0.2, 0) is 38.6 Å².